The minimum absolute atomic E-state index is 0.303. The Bertz CT molecular complexity index is 325. The molecule has 1 aromatic rings. The van der Waals surface area contributed by atoms with Crippen molar-refractivity contribution in [1.82, 2.24) is 5.32 Å². The van der Waals surface area contributed by atoms with Gasteiger partial charge in [-0.05, 0) is 31.2 Å². The van der Waals surface area contributed by atoms with E-state index in [2.05, 4.69) is 11.9 Å². The van der Waals surface area contributed by atoms with Gasteiger partial charge >= 0.3 is 0 Å². The third-order valence-corrected chi connectivity index (χ3v) is 1.96. The lowest BCUT2D eigenvalue weighted by Crippen LogP contribution is -2.06. The lowest BCUT2D eigenvalue weighted by molar-refractivity contribution is 0.308. The van der Waals surface area contributed by atoms with E-state index in [1.807, 2.05) is 13.1 Å². The minimum atomic E-state index is -0.313. The van der Waals surface area contributed by atoms with Crippen molar-refractivity contribution in [1.29, 1.82) is 0 Å². The van der Waals surface area contributed by atoms with Gasteiger partial charge < -0.3 is 10.1 Å². The molecule has 0 radical (unpaired) electrons. The van der Waals surface area contributed by atoms with E-state index in [4.69, 9.17) is 4.74 Å². The summed E-state index contributed by atoms with van der Waals surface area (Å²) in [7, 11) is 1.83. The van der Waals surface area contributed by atoms with Crippen molar-refractivity contribution in [2.75, 3.05) is 13.7 Å². The van der Waals surface area contributed by atoms with Crippen molar-refractivity contribution in [2.45, 2.75) is 13.0 Å². The molecule has 1 rings (SSSR count). The Labute approximate surface area is 89.8 Å². The summed E-state index contributed by atoms with van der Waals surface area (Å²) >= 11 is 0. The zero-order valence-electron chi connectivity index (χ0n) is 8.92. The Hall–Kier alpha value is -1.35. The quantitative estimate of drug-likeness (QED) is 0.574. The van der Waals surface area contributed by atoms with Crippen LogP contribution in [0.4, 0.5) is 4.39 Å². The SMILES string of the molecule is C=CCCOc1ccc(CNC)cc1F. The van der Waals surface area contributed by atoms with Crippen LogP contribution in [-0.2, 0) is 6.54 Å². The van der Waals surface area contributed by atoms with Gasteiger partial charge in [-0.15, -0.1) is 6.58 Å². The molecule has 0 aromatic heterocycles. The molecule has 2 nitrogen and oxygen atoms in total. The molecule has 0 unspecified atom stereocenters. The summed E-state index contributed by atoms with van der Waals surface area (Å²) in [5, 5.41) is 2.96. The fraction of sp³-hybridized carbons (Fsp3) is 0.333. The third kappa shape index (κ3) is 3.72. The van der Waals surface area contributed by atoms with E-state index < -0.39 is 0 Å². The van der Waals surface area contributed by atoms with Crippen LogP contribution < -0.4 is 10.1 Å². The first-order valence-corrected chi connectivity index (χ1v) is 4.94. The molecule has 82 valence electrons. The average Bonchev–Trinajstić information content (AvgIpc) is 2.22. The Morgan fingerprint density at radius 3 is 2.93 bits per heavy atom. The highest BCUT2D eigenvalue weighted by molar-refractivity contribution is 5.29. The van der Waals surface area contributed by atoms with Gasteiger partial charge in [0.05, 0.1) is 6.61 Å². The molecular formula is C12H16FNO. The smallest absolute Gasteiger partial charge is 0.165 e. The van der Waals surface area contributed by atoms with E-state index in [0.29, 0.717) is 18.9 Å². The van der Waals surface area contributed by atoms with Crippen LogP contribution in [0.2, 0.25) is 0 Å². The van der Waals surface area contributed by atoms with Gasteiger partial charge in [0, 0.05) is 6.54 Å². The third-order valence-electron chi connectivity index (χ3n) is 1.96. The fourth-order valence-electron chi connectivity index (χ4n) is 1.23. The van der Waals surface area contributed by atoms with Crippen molar-refractivity contribution in [3.8, 4) is 5.75 Å². The van der Waals surface area contributed by atoms with Crippen molar-refractivity contribution in [3.63, 3.8) is 0 Å². The summed E-state index contributed by atoms with van der Waals surface area (Å²) in [6, 6.07) is 4.99. The second kappa shape index (κ2) is 6.19. The number of nitrogens with one attached hydrogen (secondary N) is 1. The highest BCUT2D eigenvalue weighted by atomic mass is 19.1. The van der Waals surface area contributed by atoms with Crippen LogP contribution in [0.15, 0.2) is 30.9 Å². The molecular weight excluding hydrogens is 193 g/mol. The summed E-state index contributed by atoms with van der Waals surface area (Å²) in [5.41, 5.74) is 0.908. The molecule has 0 amide bonds. The number of ether oxygens (including phenoxy) is 1. The Morgan fingerprint density at radius 1 is 1.53 bits per heavy atom. The molecule has 0 fully saturated rings. The molecule has 0 saturated heterocycles. The molecule has 0 aliphatic carbocycles. The van der Waals surface area contributed by atoms with E-state index in [0.717, 1.165) is 12.0 Å². The van der Waals surface area contributed by atoms with Crippen LogP contribution in [0.25, 0.3) is 0 Å². The molecule has 0 bridgehead atoms. The lowest BCUT2D eigenvalue weighted by Gasteiger charge is -2.07. The van der Waals surface area contributed by atoms with Gasteiger partial charge in [-0.25, -0.2) is 4.39 Å². The number of hydrogen-bond acceptors (Lipinski definition) is 2. The number of halogens is 1. The van der Waals surface area contributed by atoms with E-state index in [1.54, 1.807) is 12.1 Å². The molecule has 0 aliphatic heterocycles. The predicted octanol–water partition coefficient (Wildman–Crippen LogP) is 2.50. The standard InChI is InChI=1S/C12H16FNO/c1-3-4-7-15-12-6-5-10(9-14-2)8-11(12)13/h3,5-6,8,14H,1,4,7,9H2,2H3. The molecule has 1 N–H and O–H groups in total. The molecule has 3 heteroatoms. The molecule has 1 aromatic carbocycles. The first-order chi connectivity index (χ1) is 7.27. The molecule has 0 atom stereocenters. The second-order valence-electron chi connectivity index (χ2n) is 3.22. The van der Waals surface area contributed by atoms with Crippen LogP contribution in [-0.4, -0.2) is 13.7 Å². The molecule has 15 heavy (non-hydrogen) atoms. The van der Waals surface area contributed by atoms with Crippen molar-refractivity contribution >= 4 is 0 Å². The summed E-state index contributed by atoms with van der Waals surface area (Å²) in [5.74, 6) is -0.0106. The van der Waals surface area contributed by atoms with Crippen LogP contribution in [0, 0.1) is 5.82 Å². The monoisotopic (exact) mass is 209 g/mol. The Kier molecular flexibility index (Phi) is 4.84. The van der Waals surface area contributed by atoms with Crippen molar-refractivity contribution < 1.29 is 9.13 Å². The van der Waals surface area contributed by atoms with E-state index in [-0.39, 0.29) is 5.82 Å². The van der Waals surface area contributed by atoms with Crippen LogP contribution in [0.3, 0.4) is 0 Å². The van der Waals surface area contributed by atoms with Gasteiger partial charge in [-0.3, -0.25) is 0 Å². The van der Waals surface area contributed by atoms with Crippen LogP contribution >= 0.6 is 0 Å². The number of benzene rings is 1. The van der Waals surface area contributed by atoms with Crippen LogP contribution in [0.5, 0.6) is 5.75 Å². The summed E-state index contributed by atoms with van der Waals surface area (Å²) in [6.07, 6.45) is 2.46. The number of hydrogen-bond donors (Lipinski definition) is 1. The van der Waals surface area contributed by atoms with Gasteiger partial charge in [-0.1, -0.05) is 12.1 Å². The van der Waals surface area contributed by atoms with Gasteiger partial charge in [-0.2, -0.15) is 0 Å². The normalized spacial score (nSPS) is 10.0. The number of rotatable bonds is 6. The molecule has 0 saturated carbocycles. The first kappa shape index (κ1) is 11.7. The molecule has 0 aliphatic rings. The first-order valence-electron chi connectivity index (χ1n) is 4.94. The zero-order chi connectivity index (χ0) is 11.1. The van der Waals surface area contributed by atoms with E-state index >= 15 is 0 Å². The molecule has 0 heterocycles. The highest BCUT2D eigenvalue weighted by Gasteiger charge is 2.03. The maximum atomic E-state index is 13.4. The summed E-state index contributed by atoms with van der Waals surface area (Å²) in [4.78, 5) is 0. The summed E-state index contributed by atoms with van der Waals surface area (Å²) < 4.78 is 18.7. The highest BCUT2D eigenvalue weighted by Crippen LogP contribution is 2.18. The summed E-state index contributed by atoms with van der Waals surface area (Å²) in [6.45, 7) is 4.69. The van der Waals surface area contributed by atoms with E-state index in [9.17, 15) is 4.39 Å². The Morgan fingerprint density at radius 2 is 2.33 bits per heavy atom. The minimum Gasteiger partial charge on any atom is -0.490 e. The van der Waals surface area contributed by atoms with E-state index in [1.165, 1.54) is 6.07 Å². The van der Waals surface area contributed by atoms with Crippen molar-refractivity contribution in [2.24, 2.45) is 0 Å². The van der Waals surface area contributed by atoms with Gasteiger partial charge in [0.15, 0.2) is 11.6 Å². The zero-order valence-corrected chi connectivity index (χ0v) is 8.92. The largest absolute Gasteiger partial charge is 0.490 e. The van der Waals surface area contributed by atoms with Crippen LogP contribution in [0.1, 0.15) is 12.0 Å². The second-order valence-corrected chi connectivity index (χ2v) is 3.22. The topological polar surface area (TPSA) is 21.3 Å². The fourth-order valence-corrected chi connectivity index (χ4v) is 1.23. The van der Waals surface area contributed by atoms with Crippen molar-refractivity contribution in [3.05, 3.63) is 42.2 Å². The predicted molar refractivity (Wildman–Crippen MR) is 59.5 cm³/mol. The maximum absolute atomic E-state index is 13.4. The van der Waals surface area contributed by atoms with Gasteiger partial charge in [0.25, 0.3) is 0 Å². The lowest BCUT2D eigenvalue weighted by atomic mass is 10.2. The Balaban J connectivity index is 2.61. The van der Waals surface area contributed by atoms with Gasteiger partial charge in [0.1, 0.15) is 0 Å². The van der Waals surface area contributed by atoms with Gasteiger partial charge in [0.2, 0.25) is 0 Å². The molecule has 0 spiro atoms. The average molecular weight is 209 g/mol. The maximum Gasteiger partial charge on any atom is 0.165 e.